The number of aromatic nitrogens is 2. The van der Waals surface area contributed by atoms with E-state index in [9.17, 15) is 8.42 Å². The zero-order valence-electron chi connectivity index (χ0n) is 11.4. The van der Waals surface area contributed by atoms with Crippen LogP contribution in [0.3, 0.4) is 0 Å². The van der Waals surface area contributed by atoms with Crippen LogP contribution in [0.25, 0.3) is 0 Å². The van der Waals surface area contributed by atoms with E-state index >= 15 is 0 Å². The summed E-state index contributed by atoms with van der Waals surface area (Å²) in [5.41, 5.74) is 1.93. The summed E-state index contributed by atoms with van der Waals surface area (Å²) in [7, 11) is -0.575. The van der Waals surface area contributed by atoms with Crippen LogP contribution in [-0.4, -0.2) is 36.6 Å². The molecule has 0 amide bonds. The molecule has 0 saturated heterocycles. The van der Waals surface area contributed by atoms with E-state index < -0.39 is 10.0 Å². The predicted octanol–water partition coefficient (Wildman–Crippen LogP) is 1.39. The van der Waals surface area contributed by atoms with E-state index in [4.69, 9.17) is 4.42 Å². The number of hydrogen-bond acceptors (Lipinski definition) is 4. The highest BCUT2D eigenvalue weighted by molar-refractivity contribution is 7.88. The third-order valence-corrected chi connectivity index (χ3v) is 4.47. The van der Waals surface area contributed by atoms with Crippen LogP contribution in [0.4, 0.5) is 0 Å². The number of furan rings is 1. The SMILES string of the molecule is Cc1cc(C)n(Cc2ccc(S(=O)(=O)N(C)C)o2)n1. The molecule has 0 fully saturated rings. The third-order valence-electron chi connectivity index (χ3n) is 2.78. The van der Waals surface area contributed by atoms with E-state index in [2.05, 4.69) is 5.10 Å². The van der Waals surface area contributed by atoms with Gasteiger partial charge >= 0.3 is 0 Å². The van der Waals surface area contributed by atoms with Crippen molar-refractivity contribution in [1.29, 1.82) is 0 Å². The molecule has 0 aliphatic rings. The van der Waals surface area contributed by atoms with Crippen molar-refractivity contribution >= 4 is 10.0 Å². The first-order valence-electron chi connectivity index (χ1n) is 5.83. The van der Waals surface area contributed by atoms with Crippen LogP contribution in [0.2, 0.25) is 0 Å². The Morgan fingerprint density at radius 1 is 1.32 bits per heavy atom. The van der Waals surface area contributed by atoms with Crippen LogP contribution in [0.1, 0.15) is 17.1 Å². The van der Waals surface area contributed by atoms with Gasteiger partial charge in [0, 0.05) is 19.8 Å². The average Bonchev–Trinajstić information content (AvgIpc) is 2.87. The molecule has 19 heavy (non-hydrogen) atoms. The van der Waals surface area contributed by atoms with Crippen molar-refractivity contribution in [3.8, 4) is 0 Å². The van der Waals surface area contributed by atoms with Gasteiger partial charge in [0.15, 0.2) is 0 Å². The van der Waals surface area contributed by atoms with E-state index in [0.717, 1.165) is 15.7 Å². The lowest BCUT2D eigenvalue weighted by molar-refractivity contribution is 0.386. The number of hydrogen-bond donors (Lipinski definition) is 0. The van der Waals surface area contributed by atoms with Gasteiger partial charge in [-0.15, -0.1) is 0 Å². The fraction of sp³-hybridized carbons (Fsp3) is 0.417. The molecular weight excluding hydrogens is 266 g/mol. The summed E-state index contributed by atoms with van der Waals surface area (Å²) >= 11 is 0. The summed E-state index contributed by atoms with van der Waals surface area (Å²) in [6, 6.07) is 5.09. The fourth-order valence-corrected chi connectivity index (χ4v) is 2.56. The van der Waals surface area contributed by atoms with E-state index in [0.29, 0.717) is 12.3 Å². The number of rotatable bonds is 4. The largest absolute Gasteiger partial charge is 0.446 e. The molecule has 2 rings (SSSR count). The zero-order valence-corrected chi connectivity index (χ0v) is 12.2. The highest BCUT2D eigenvalue weighted by Gasteiger charge is 2.21. The number of sulfonamides is 1. The van der Waals surface area contributed by atoms with Gasteiger partial charge < -0.3 is 4.42 Å². The summed E-state index contributed by atoms with van der Waals surface area (Å²) in [6.07, 6.45) is 0. The van der Waals surface area contributed by atoms with E-state index in [-0.39, 0.29) is 5.09 Å². The minimum absolute atomic E-state index is 0.0472. The number of aryl methyl sites for hydroxylation is 2. The Morgan fingerprint density at radius 2 is 2.00 bits per heavy atom. The second-order valence-electron chi connectivity index (χ2n) is 4.59. The average molecular weight is 283 g/mol. The Bertz CT molecular complexity index is 683. The Morgan fingerprint density at radius 3 is 2.53 bits per heavy atom. The maximum Gasteiger partial charge on any atom is 0.275 e. The Balaban J connectivity index is 2.26. The molecule has 2 heterocycles. The molecule has 104 valence electrons. The topological polar surface area (TPSA) is 68.3 Å². The van der Waals surface area contributed by atoms with Crippen molar-refractivity contribution in [2.45, 2.75) is 25.5 Å². The van der Waals surface area contributed by atoms with Crippen LogP contribution >= 0.6 is 0 Å². The molecule has 0 unspecified atom stereocenters. The lowest BCUT2D eigenvalue weighted by Gasteiger charge is -2.07. The minimum Gasteiger partial charge on any atom is -0.446 e. The lowest BCUT2D eigenvalue weighted by Crippen LogP contribution is -2.21. The second kappa shape index (κ2) is 4.82. The van der Waals surface area contributed by atoms with E-state index in [1.165, 1.54) is 20.2 Å². The van der Waals surface area contributed by atoms with Crippen molar-refractivity contribution in [2.75, 3.05) is 14.1 Å². The molecule has 0 radical (unpaired) electrons. The van der Waals surface area contributed by atoms with Gasteiger partial charge in [-0.1, -0.05) is 0 Å². The molecule has 0 aliphatic heterocycles. The van der Waals surface area contributed by atoms with Crippen molar-refractivity contribution < 1.29 is 12.8 Å². The number of nitrogens with zero attached hydrogens (tertiary/aromatic N) is 3. The summed E-state index contributed by atoms with van der Waals surface area (Å²) in [6.45, 7) is 4.27. The van der Waals surface area contributed by atoms with Crippen LogP contribution in [-0.2, 0) is 16.6 Å². The van der Waals surface area contributed by atoms with Crippen molar-refractivity contribution in [1.82, 2.24) is 14.1 Å². The third kappa shape index (κ3) is 2.71. The zero-order chi connectivity index (χ0) is 14.2. The lowest BCUT2D eigenvalue weighted by atomic mass is 10.4. The van der Waals surface area contributed by atoms with Crippen molar-refractivity contribution in [2.24, 2.45) is 0 Å². The highest BCUT2D eigenvalue weighted by Crippen LogP contribution is 2.18. The molecule has 0 N–H and O–H groups in total. The fourth-order valence-electron chi connectivity index (χ4n) is 1.74. The molecule has 2 aromatic rings. The Kier molecular flexibility index (Phi) is 3.51. The molecule has 0 atom stereocenters. The quantitative estimate of drug-likeness (QED) is 0.850. The van der Waals surface area contributed by atoms with Gasteiger partial charge in [0.2, 0.25) is 5.09 Å². The van der Waals surface area contributed by atoms with Crippen LogP contribution in [0.15, 0.2) is 27.7 Å². The molecule has 0 saturated carbocycles. The van der Waals surface area contributed by atoms with Crippen LogP contribution in [0, 0.1) is 13.8 Å². The smallest absolute Gasteiger partial charge is 0.275 e. The summed E-state index contributed by atoms with van der Waals surface area (Å²) in [5.74, 6) is 0.562. The van der Waals surface area contributed by atoms with Gasteiger partial charge in [-0.05, 0) is 32.0 Å². The Hall–Kier alpha value is -1.60. The van der Waals surface area contributed by atoms with Gasteiger partial charge in [-0.25, -0.2) is 12.7 Å². The predicted molar refractivity (Wildman–Crippen MR) is 70.4 cm³/mol. The van der Waals surface area contributed by atoms with Crippen molar-refractivity contribution in [3.05, 3.63) is 35.3 Å². The molecule has 0 spiro atoms. The molecule has 0 aromatic carbocycles. The minimum atomic E-state index is -3.52. The van der Waals surface area contributed by atoms with Crippen LogP contribution < -0.4 is 0 Å². The molecule has 7 heteroatoms. The molecule has 0 bridgehead atoms. The van der Waals surface area contributed by atoms with Gasteiger partial charge in [0.25, 0.3) is 10.0 Å². The monoisotopic (exact) mass is 283 g/mol. The van der Waals surface area contributed by atoms with Gasteiger partial charge in [0.1, 0.15) is 5.76 Å². The maximum atomic E-state index is 11.9. The van der Waals surface area contributed by atoms with E-state index in [1.54, 1.807) is 10.7 Å². The second-order valence-corrected chi connectivity index (χ2v) is 6.68. The Labute approximate surface area is 112 Å². The van der Waals surface area contributed by atoms with Gasteiger partial charge in [0.05, 0.1) is 12.2 Å². The first-order valence-corrected chi connectivity index (χ1v) is 7.27. The van der Waals surface area contributed by atoms with Crippen molar-refractivity contribution in [3.63, 3.8) is 0 Å². The summed E-state index contributed by atoms with van der Waals surface area (Å²) in [4.78, 5) is 0. The highest BCUT2D eigenvalue weighted by atomic mass is 32.2. The summed E-state index contributed by atoms with van der Waals surface area (Å²) in [5, 5.41) is 4.26. The molecule has 2 aromatic heterocycles. The molecule has 0 aliphatic carbocycles. The van der Waals surface area contributed by atoms with E-state index in [1.807, 2.05) is 19.9 Å². The molecule has 6 nitrogen and oxygen atoms in total. The van der Waals surface area contributed by atoms with Gasteiger partial charge in [-0.3, -0.25) is 4.68 Å². The van der Waals surface area contributed by atoms with Crippen LogP contribution in [0.5, 0.6) is 0 Å². The first kappa shape index (κ1) is 13.8. The normalized spacial score (nSPS) is 12.3. The standard InChI is InChI=1S/C12H17N3O3S/c1-9-7-10(2)15(13-9)8-11-5-6-12(18-11)19(16,17)14(3)4/h5-7H,8H2,1-4H3. The van der Waals surface area contributed by atoms with Gasteiger partial charge in [-0.2, -0.15) is 5.10 Å². The summed E-state index contributed by atoms with van der Waals surface area (Å²) < 4.78 is 32.0. The first-order chi connectivity index (χ1) is 8.80. The maximum absolute atomic E-state index is 11.9. The molecular formula is C12H17N3O3S.